The average Bonchev–Trinajstić information content (AvgIpc) is 2.80. The maximum absolute atomic E-state index is 6.31. The number of aromatic nitrogens is 1. The molecule has 5 heteroatoms. The van der Waals surface area contributed by atoms with Crippen LogP contribution in [-0.2, 0) is 22.7 Å². The number of hydrogen-bond acceptors (Lipinski definition) is 4. The molecule has 4 aromatic rings. The largest absolute Gasteiger partial charge is 0.485 e. The van der Waals surface area contributed by atoms with Gasteiger partial charge in [0.1, 0.15) is 17.0 Å². The first-order valence-corrected chi connectivity index (χ1v) is 10.6. The zero-order valence-corrected chi connectivity index (χ0v) is 17.9. The molecule has 0 radical (unpaired) electrons. The zero-order chi connectivity index (χ0) is 21.3. The lowest BCUT2D eigenvalue weighted by Crippen LogP contribution is -2.28. The van der Waals surface area contributed by atoms with Gasteiger partial charge in [-0.2, -0.15) is 0 Å². The first-order valence-electron chi connectivity index (χ1n) is 10.2. The third-order valence-corrected chi connectivity index (χ3v) is 4.99. The molecular formula is C26H24ClNO3. The number of benzene rings is 3. The highest BCUT2D eigenvalue weighted by Crippen LogP contribution is 2.26. The van der Waals surface area contributed by atoms with Gasteiger partial charge in [-0.25, -0.2) is 4.98 Å². The molecule has 0 unspecified atom stereocenters. The Morgan fingerprint density at radius 2 is 1.29 bits per heavy atom. The van der Waals surface area contributed by atoms with Crippen LogP contribution in [0, 0.1) is 0 Å². The van der Waals surface area contributed by atoms with Crippen molar-refractivity contribution < 1.29 is 14.2 Å². The van der Waals surface area contributed by atoms with E-state index in [1.54, 1.807) is 6.07 Å². The summed E-state index contributed by atoms with van der Waals surface area (Å²) in [6.07, 6.45) is -0.270. The number of hydrogen-bond donors (Lipinski definition) is 0. The van der Waals surface area contributed by atoms with Crippen LogP contribution in [0.15, 0.2) is 91.0 Å². The van der Waals surface area contributed by atoms with Crippen molar-refractivity contribution in [2.24, 2.45) is 0 Å². The summed E-state index contributed by atoms with van der Waals surface area (Å²) in [4.78, 5) is 4.37. The second-order valence-corrected chi connectivity index (χ2v) is 7.59. The molecule has 0 amide bonds. The molecule has 0 saturated heterocycles. The smallest absolute Gasteiger partial charge is 0.145 e. The Balaban J connectivity index is 1.43. The summed E-state index contributed by atoms with van der Waals surface area (Å²) in [6, 6.07) is 29.6. The topological polar surface area (TPSA) is 40.6 Å². The third kappa shape index (κ3) is 6.28. The highest BCUT2D eigenvalue weighted by atomic mass is 35.5. The number of ether oxygens (including phenoxy) is 3. The van der Waals surface area contributed by atoms with Crippen LogP contribution in [0.4, 0.5) is 0 Å². The monoisotopic (exact) mass is 433 g/mol. The van der Waals surface area contributed by atoms with Crippen LogP contribution in [-0.4, -0.2) is 24.3 Å². The van der Waals surface area contributed by atoms with Gasteiger partial charge >= 0.3 is 0 Å². The maximum Gasteiger partial charge on any atom is 0.145 e. The molecule has 0 aliphatic rings. The summed E-state index contributed by atoms with van der Waals surface area (Å²) >= 11 is 6.04. The van der Waals surface area contributed by atoms with Crippen LogP contribution >= 0.6 is 11.6 Å². The SMILES string of the molecule is Clc1ccc2c(OC(COCc3ccccc3)COCc3ccccc3)cccc2n1. The van der Waals surface area contributed by atoms with E-state index in [1.807, 2.05) is 84.9 Å². The van der Waals surface area contributed by atoms with Crippen molar-refractivity contribution in [3.05, 3.63) is 107 Å². The lowest BCUT2D eigenvalue weighted by Gasteiger charge is -2.20. The van der Waals surface area contributed by atoms with Crippen molar-refractivity contribution in [2.75, 3.05) is 13.2 Å². The summed E-state index contributed by atoms with van der Waals surface area (Å²) in [5.74, 6) is 0.735. The molecule has 0 atom stereocenters. The number of nitrogens with zero attached hydrogens (tertiary/aromatic N) is 1. The van der Waals surface area contributed by atoms with Crippen molar-refractivity contribution in [1.29, 1.82) is 0 Å². The van der Waals surface area contributed by atoms with E-state index in [-0.39, 0.29) is 6.10 Å². The van der Waals surface area contributed by atoms with E-state index in [0.717, 1.165) is 27.8 Å². The van der Waals surface area contributed by atoms with E-state index in [1.165, 1.54) is 0 Å². The van der Waals surface area contributed by atoms with E-state index < -0.39 is 0 Å². The van der Waals surface area contributed by atoms with Gasteiger partial charge in [-0.1, -0.05) is 78.3 Å². The molecule has 0 N–H and O–H groups in total. The van der Waals surface area contributed by atoms with Crippen molar-refractivity contribution in [3.63, 3.8) is 0 Å². The lowest BCUT2D eigenvalue weighted by molar-refractivity contribution is -0.0151. The first-order chi connectivity index (χ1) is 15.3. The first kappa shape index (κ1) is 21.3. The zero-order valence-electron chi connectivity index (χ0n) is 17.1. The summed E-state index contributed by atoms with van der Waals surface area (Å²) in [5.41, 5.74) is 3.03. The average molecular weight is 434 g/mol. The Bertz CT molecular complexity index is 1040. The Morgan fingerprint density at radius 1 is 0.677 bits per heavy atom. The Hall–Kier alpha value is -2.92. The van der Waals surface area contributed by atoms with Gasteiger partial charge in [0.2, 0.25) is 0 Å². The molecule has 3 aromatic carbocycles. The van der Waals surface area contributed by atoms with Gasteiger partial charge in [0.25, 0.3) is 0 Å². The second-order valence-electron chi connectivity index (χ2n) is 7.20. The molecule has 0 fully saturated rings. The van der Waals surface area contributed by atoms with Crippen molar-refractivity contribution >= 4 is 22.5 Å². The van der Waals surface area contributed by atoms with E-state index in [0.29, 0.717) is 31.6 Å². The fraction of sp³-hybridized carbons (Fsp3) is 0.192. The predicted molar refractivity (Wildman–Crippen MR) is 123 cm³/mol. The number of pyridine rings is 1. The minimum Gasteiger partial charge on any atom is -0.485 e. The fourth-order valence-electron chi connectivity index (χ4n) is 3.27. The molecule has 0 aliphatic heterocycles. The molecule has 1 aromatic heterocycles. The third-order valence-electron chi connectivity index (χ3n) is 4.78. The molecule has 0 spiro atoms. The van der Waals surface area contributed by atoms with Gasteiger partial charge in [-0.05, 0) is 35.4 Å². The molecule has 31 heavy (non-hydrogen) atoms. The van der Waals surface area contributed by atoms with E-state index >= 15 is 0 Å². The van der Waals surface area contributed by atoms with Gasteiger partial charge in [-0.15, -0.1) is 0 Å². The number of rotatable bonds is 10. The van der Waals surface area contributed by atoms with Crippen LogP contribution < -0.4 is 4.74 Å². The lowest BCUT2D eigenvalue weighted by atomic mass is 10.2. The van der Waals surface area contributed by atoms with Crippen LogP contribution in [0.25, 0.3) is 10.9 Å². The molecular weight excluding hydrogens is 410 g/mol. The van der Waals surface area contributed by atoms with Gasteiger partial charge in [-0.3, -0.25) is 0 Å². The maximum atomic E-state index is 6.31. The Kier molecular flexibility index (Phi) is 7.51. The number of fused-ring (bicyclic) bond motifs is 1. The van der Waals surface area contributed by atoms with Crippen molar-refractivity contribution in [2.45, 2.75) is 19.3 Å². The van der Waals surface area contributed by atoms with Crippen molar-refractivity contribution in [1.82, 2.24) is 4.98 Å². The van der Waals surface area contributed by atoms with Crippen LogP contribution in [0.5, 0.6) is 5.75 Å². The Morgan fingerprint density at radius 3 is 1.90 bits per heavy atom. The summed E-state index contributed by atoms with van der Waals surface area (Å²) in [6.45, 7) is 1.85. The molecule has 0 aliphatic carbocycles. The summed E-state index contributed by atoms with van der Waals surface area (Å²) < 4.78 is 18.2. The quantitative estimate of drug-likeness (QED) is 0.284. The minimum atomic E-state index is -0.270. The normalized spacial score (nSPS) is 11.2. The molecule has 1 heterocycles. The van der Waals surface area contributed by atoms with Crippen LogP contribution in [0.1, 0.15) is 11.1 Å². The van der Waals surface area contributed by atoms with Gasteiger partial charge in [0, 0.05) is 5.39 Å². The molecule has 158 valence electrons. The van der Waals surface area contributed by atoms with E-state index in [2.05, 4.69) is 4.98 Å². The molecule has 0 bridgehead atoms. The van der Waals surface area contributed by atoms with Gasteiger partial charge in [0.05, 0.1) is 31.9 Å². The van der Waals surface area contributed by atoms with Crippen molar-refractivity contribution in [3.8, 4) is 5.75 Å². The Labute approximate surface area is 187 Å². The fourth-order valence-corrected chi connectivity index (χ4v) is 3.42. The van der Waals surface area contributed by atoms with Gasteiger partial charge in [0.15, 0.2) is 0 Å². The van der Waals surface area contributed by atoms with Gasteiger partial charge < -0.3 is 14.2 Å². The standard InChI is InChI=1S/C26H24ClNO3/c27-26-15-14-23-24(28-26)12-7-13-25(23)31-22(18-29-16-20-8-3-1-4-9-20)19-30-17-21-10-5-2-6-11-21/h1-15,22H,16-19H2. The predicted octanol–water partition coefficient (Wildman–Crippen LogP) is 6.07. The molecule has 4 rings (SSSR count). The summed E-state index contributed by atoms with van der Waals surface area (Å²) in [7, 11) is 0. The van der Waals surface area contributed by atoms with E-state index in [9.17, 15) is 0 Å². The van der Waals surface area contributed by atoms with E-state index in [4.69, 9.17) is 25.8 Å². The molecule has 4 nitrogen and oxygen atoms in total. The number of halogens is 1. The molecule has 0 saturated carbocycles. The highest BCUT2D eigenvalue weighted by Gasteiger charge is 2.14. The van der Waals surface area contributed by atoms with Crippen LogP contribution in [0.2, 0.25) is 5.15 Å². The minimum absolute atomic E-state index is 0.270. The van der Waals surface area contributed by atoms with Crippen LogP contribution in [0.3, 0.4) is 0 Å². The second kappa shape index (κ2) is 10.9. The summed E-state index contributed by atoms with van der Waals surface area (Å²) in [5, 5.41) is 1.36. The highest BCUT2D eigenvalue weighted by molar-refractivity contribution is 6.29.